The number of benzene rings is 4. The topological polar surface area (TPSA) is 122 Å². The number of nitrogens with one attached hydrogen (secondary N) is 1. The Bertz CT molecular complexity index is 2240. The molecule has 0 aliphatic heterocycles. The number of halogens is 1. The molecule has 45 heavy (non-hydrogen) atoms. The van der Waals surface area contributed by atoms with Crippen molar-refractivity contribution in [3.05, 3.63) is 102 Å². The molecule has 6 rings (SSSR count). The minimum Gasteiger partial charge on any atom is -0.480 e. The number of para-hydroxylation sites is 1. The molecule has 0 bridgehead atoms. The maximum Gasteiger partial charge on any atom is 0.323 e. The first-order chi connectivity index (χ1) is 21.5. The molecule has 0 radical (unpaired) electrons. The van der Waals surface area contributed by atoms with E-state index in [-0.39, 0.29) is 23.5 Å². The summed E-state index contributed by atoms with van der Waals surface area (Å²) in [6, 6.07) is 25.6. The van der Waals surface area contributed by atoms with Crippen molar-refractivity contribution in [3.63, 3.8) is 0 Å². The molecule has 2 aromatic heterocycles. The highest BCUT2D eigenvalue weighted by Gasteiger charge is 2.26. The van der Waals surface area contributed by atoms with Gasteiger partial charge in [0.25, 0.3) is 5.91 Å². The lowest BCUT2D eigenvalue weighted by atomic mass is 9.96. The molecule has 6 aromatic rings. The lowest BCUT2D eigenvalue weighted by molar-refractivity contribution is -0.137. The van der Waals surface area contributed by atoms with Gasteiger partial charge in [-0.25, -0.2) is 12.8 Å². The smallest absolute Gasteiger partial charge is 0.323 e. The third-order valence-electron chi connectivity index (χ3n) is 7.78. The fourth-order valence-corrected chi connectivity index (χ4v) is 6.07. The Hall–Kier alpha value is -5.42. The third-order valence-corrected chi connectivity index (χ3v) is 8.97. The van der Waals surface area contributed by atoms with Crippen molar-refractivity contribution in [1.82, 2.24) is 9.88 Å². The first-order valence-electron chi connectivity index (χ1n) is 13.9. The fourth-order valence-electron chi connectivity index (χ4n) is 5.56. The van der Waals surface area contributed by atoms with Crippen molar-refractivity contribution in [2.75, 3.05) is 24.7 Å². The van der Waals surface area contributed by atoms with Crippen LogP contribution in [0, 0.1) is 5.82 Å². The van der Waals surface area contributed by atoms with E-state index in [0.717, 1.165) is 21.5 Å². The average molecular weight is 626 g/mol. The van der Waals surface area contributed by atoms with Crippen molar-refractivity contribution < 1.29 is 31.9 Å². The summed E-state index contributed by atoms with van der Waals surface area (Å²) in [5.41, 5.74) is 4.52. The number of aliphatic carboxylic acids is 1. The molecule has 0 unspecified atom stereocenters. The molecule has 228 valence electrons. The van der Waals surface area contributed by atoms with E-state index in [1.807, 2.05) is 48.5 Å². The van der Waals surface area contributed by atoms with Gasteiger partial charge >= 0.3 is 5.97 Å². The number of carbonyl (C=O) groups excluding carboxylic acids is 1. The number of carboxylic acids is 1. The maximum atomic E-state index is 13.7. The number of carboxylic acid groups (broad SMARTS) is 1. The number of hydrogen-bond acceptors (Lipinski definition) is 5. The quantitative estimate of drug-likeness (QED) is 0.203. The summed E-state index contributed by atoms with van der Waals surface area (Å²) in [6.45, 7) is -0.252. The van der Waals surface area contributed by atoms with Crippen LogP contribution in [0.3, 0.4) is 0 Å². The van der Waals surface area contributed by atoms with E-state index in [0.29, 0.717) is 39.0 Å². The molecule has 0 aliphatic rings. The van der Waals surface area contributed by atoms with Crippen molar-refractivity contribution in [2.45, 2.75) is 6.54 Å². The number of anilines is 1. The molecule has 0 aliphatic carbocycles. The Morgan fingerprint density at radius 3 is 2.33 bits per heavy atom. The van der Waals surface area contributed by atoms with Crippen molar-refractivity contribution >= 4 is 49.5 Å². The Kier molecular flexibility index (Phi) is 7.41. The molecule has 11 heteroatoms. The lowest BCUT2D eigenvalue weighted by Gasteiger charge is -2.21. The summed E-state index contributed by atoms with van der Waals surface area (Å²) < 4.78 is 48.3. The molecule has 0 saturated carbocycles. The standard InChI is InChI=1S/C34H28FN3O6S/c1-36-34(41)32-26-17-25(29(37(2)45(3,42)43)18-30(26)44-33(32)20-11-13-24(35)14-12-20)21-8-6-9-22(15-21)28-16-23-7-4-5-10-27(23)38(28)19-31(39)40/h4-18H,19H2,1-3H3,(H,36,41)(H,39,40). The molecule has 2 heterocycles. The van der Waals surface area contributed by atoms with Gasteiger partial charge in [-0.2, -0.15) is 0 Å². The van der Waals surface area contributed by atoms with Crippen LogP contribution in [0.5, 0.6) is 0 Å². The zero-order valence-electron chi connectivity index (χ0n) is 24.5. The van der Waals surface area contributed by atoms with Crippen molar-refractivity contribution in [3.8, 4) is 33.7 Å². The highest BCUT2D eigenvalue weighted by Crippen LogP contribution is 2.42. The summed E-state index contributed by atoms with van der Waals surface area (Å²) in [6.07, 6.45) is 1.09. The Morgan fingerprint density at radius 2 is 1.64 bits per heavy atom. The predicted octanol–water partition coefficient (Wildman–Crippen LogP) is 6.37. The number of nitrogens with zero attached hydrogens (tertiary/aromatic N) is 2. The van der Waals surface area contributed by atoms with Crippen LogP contribution in [0.4, 0.5) is 10.1 Å². The molecular weight excluding hydrogens is 597 g/mol. The first-order valence-corrected chi connectivity index (χ1v) is 15.7. The van der Waals surface area contributed by atoms with Crippen LogP contribution in [0.25, 0.3) is 55.6 Å². The number of furan rings is 1. The molecule has 0 saturated heterocycles. The second kappa shape index (κ2) is 11.3. The van der Waals surface area contributed by atoms with E-state index in [9.17, 15) is 27.5 Å². The third kappa shape index (κ3) is 5.42. The van der Waals surface area contributed by atoms with Gasteiger partial charge < -0.3 is 19.4 Å². The van der Waals surface area contributed by atoms with Crippen LogP contribution in [0.1, 0.15) is 10.4 Å². The number of carbonyl (C=O) groups is 2. The van der Waals surface area contributed by atoms with E-state index >= 15 is 0 Å². The molecule has 2 N–H and O–H groups in total. The molecule has 1 amide bonds. The summed E-state index contributed by atoms with van der Waals surface area (Å²) >= 11 is 0. The van der Waals surface area contributed by atoms with Gasteiger partial charge in [-0.3, -0.25) is 13.9 Å². The average Bonchev–Trinajstić information content (AvgIpc) is 3.57. The SMILES string of the molecule is CNC(=O)c1c(-c2ccc(F)cc2)oc2cc(N(C)S(C)(=O)=O)c(-c3cccc(-c4cc5ccccc5n4CC(=O)O)c3)cc12. The zero-order chi connectivity index (χ0) is 32.0. The molecule has 0 atom stereocenters. The predicted molar refractivity (Wildman–Crippen MR) is 172 cm³/mol. The first kappa shape index (κ1) is 29.6. The molecule has 9 nitrogen and oxygen atoms in total. The van der Waals surface area contributed by atoms with Gasteiger partial charge in [0.2, 0.25) is 10.0 Å². The van der Waals surface area contributed by atoms with E-state index in [2.05, 4.69) is 5.32 Å². The van der Waals surface area contributed by atoms with Crippen molar-refractivity contribution in [1.29, 1.82) is 0 Å². The van der Waals surface area contributed by atoms with Crippen LogP contribution < -0.4 is 9.62 Å². The van der Waals surface area contributed by atoms with E-state index in [1.54, 1.807) is 22.8 Å². The minimum atomic E-state index is -3.73. The van der Waals surface area contributed by atoms with Crippen LogP contribution in [0.15, 0.2) is 95.4 Å². The van der Waals surface area contributed by atoms with Gasteiger partial charge in [0.05, 0.1) is 17.5 Å². The van der Waals surface area contributed by atoms with Gasteiger partial charge in [0.15, 0.2) is 0 Å². The number of hydrogen-bond donors (Lipinski definition) is 2. The van der Waals surface area contributed by atoms with Gasteiger partial charge in [-0.05, 0) is 59.7 Å². The van der Waals surface area contributed by atoms with Gasteiger partial charge in [-0.1, -0.05) is 36.4 Å². The fraction of sp³-hybridized carbons (Fsp3) is 0.118. The number of rotatable bonds is 8. The second-order valence-electron chi connectivity index (χ2n) is 10.6. The van der Waals surface area contributed by atoms with Gasteiger partial charge in [0, 0.05) is 53.3 Å². The normalized spacial score (nSPS) is 11.6. The largest absolute Gasteiger partial charge is 0.480 e. The maximum absolute atomic E-state index is 13.7. The van der Waals surface area contributed by atoms with Crippen molar-refractivity contribution in [2.24, 2.45) is 0 Å². The zero-order valence-corrected chi connectivity index (χ0v) is 25.4. The monoisotopic (exact) mass is 625 g/mol. The minimum absolute atomic E-state index is 0.210. The summed E-state index contributed by atoms with van der Waals surface area (Å²) in [4.78, 5) is 25.0. The molecule has 4 aromatic carbocycles. The number of amides is 1. The summed E-state index contributed by atoms with van der Waals surface area (Å²) in [5, 5.41) is 13.6. The second-order valence-corrected chi connectivity index (χ2v) is 12.7. The number of fused-ring (bicyclic) bond motifs is 2. The van der Waals surface area contributed by atoms with Crippen LogP contribution in [-0.4, -0.2) is 50.3 Å². The highest BCUT2D eigenvalue weighted by molar-refractivity contribution is 7.92. The Morgan fingerprint density at radius 1 is 0.933 bits per heavy atom. The number of aromatic nitrogens is 1. The summed E-state index contributed by atoms with van der Waals surface area (Å²) in [7, 11) is -0.818. The van der Waals surface area contributed by atoms with Crippen LogP contribution in [-0.2, 0) is 21.4 Å². The Balaban J connectivity index is 1.62. The number of sulfonamides is 1. The highest BCUT2D eigenvalue weighted by atomic mass is 32.2. The lowest BCUT2D eigenvalue weighted by Crippen LogP contribution is -2.25. The van der Waals surface area contributed by atoms with Gasteiger partial charge in [-0.15, -0.1) is 0 Å². The molecule has 0 spiro atoms. The van der Waals surface area contributed by atoms with Crippen LogP contribution >= 0.6 is 0 Å². The van der Waals surface area contributed by atoms with E-state index in [1.165, 1.54) is 38.4 Å². The Labute approximate surface area is 258 Å². The van der Waals surface area contributed by atoms with E-state index < -0.39 is 27.7 Å². The van der Waals surface area contributed by atoms with E-state index in [4.69, 9.17) is 4.42 Å². The van der Waals surface area contributed by atoms with Gasteiger partial charge in [0.1, 0.15) is 23.7 Å². The molecular formula is C34H28FN3O6S. The summed E-state index contributed by atoms with van der Waals surface area (Å²) in [5.74, 6) is -1.66. The molecule has 0 fully saturated rings. The van der Waals surface area contributed by atoms with Crippen LogP contribution in [0.2, 0.25) is 0 Å².